The molecule has 3 aliphatic rings. The number of allylic oxidation sites excluding steroid dienone is 4. The Labute approximate surface area is 439 Å². The first-order valence-electron chi connectivity index (χ1n) is 18.5. The number of hydrogen-bond acceptors (Lipinski definition) is 10. The standard InChI is InChI=1S/C24H26O4.C18H18O2.C3H5ClO.CH2O3.2K.H/c1-3-5-19-11-17(7-9-23(19)27-15-21-13-25-21)18-8-10-24(20(12-18)6-4-2)28-16-22-14-26-22;1-3-5-15-11-13(7-9-17(15)19)14-8-10-18(20)16(12-14)6-4-2;4-1-3-2-5-3;2-1-4-3;;;/h3-4,7-12,21-22H,1-2,5-6,13-16H2;3-4,7-12,19-20H,1-2,5-6H2;3H,1-2H2;1,3H;;;/q;;;;2*+1;-1/p-1. The van der Waals surface area contributed by atoms with Gasteiger partial charge in [-0.15, -0.1) is 37.9 Å². The zero-order valence-corrected chi connectivity index (χ0v) is 41.0. The Hall–Kier alpha value is -2.09. The van der Waals surface area contributed by atoms with Gasteiger partial charge in [0.25, 0.3) is 6.47 Å². The van der Waals surface area contributed by atoms with Crippen LogP contribution in [0, 0.1) is 0 Å². The van der Waals surface area contributed by atoms with Crippen molar-refractivity contribution in [3.63, 3.8) is 0 Å². The quantitative estimate of drug-likeness (QED) is 0.0289. The Morgan fingerprint density at radius 1 is 0.610 bits per heavy atom. The number of carbonyl (C=O) groups is 1. The van der Waals surface area contributed by atoms with Crippen LogP contribution in [0.3, 0.4) is 0 Å². The molecule has 3 fully saturated rings. The molecule has 0 radical (unpaired) electrons. The molecule has 0 saturated carbocycles. The van der Waals surface area contributed by atoms with Crippen molar-refractivity contribution in [2.45, 2.75) is 44.0 Å². The zero-order chi connectivity index (χ0) is 41.0. The van der Waals surface area contributed by atoms with Crippen LogP contribution in [0.2, 0.25) is 0 Å². The molecule has 0 aromatic heterocycles. The molecule has 0 bridgehead atoms. The summed E-state index contributed by atoms with van der Waals surface area (Å²) in [5, 5.41) is 28.0. The number of benzene rings is 4. The molecular formula is C46H51ClK2O10. The van der Waals surface area contributed by atoms with Crippen molar-refractivity contribution < 1.29 is 153 Å². The summed E-state index contributed by atoms with van der Waals surface area (Å²) in [7, 11) is 0. The van der Waals surface area contributed by atoms with Gasteiger partial charge in [-0.25, -0.2) is 0 Å². The predicted octanol–water partition coefficient (Wildman–Crippen LogP) is 1.77. The number of alkyl halides is 1. The molecule has 13 heteroatoms. The van der Waals surface area contributed by atoms with Crippen LogP contribution in [-0.4, -0.2) is 73.9 Å². The molecular weight excluding hydrogens is 826 g/mol. The van der Waals surface area contributed by atoms with Crippen LogP contribution in [0.25, 0.3) is 22.3 Å². The minimum Gasteiger partial charge on any atom is -1.00 e. The van der Waals surface area contributed by atoms with Crippen LogP contribution >= 0.6 is 11.6 Å². The number of rotatable bonds is 18. The van der Waals surface area contributed by atoms with Crippen molar-refractivity contribution in [2.75, 3.05) is 38.9 Å². The molecule has 2 N–H and O–H groups in total. The van der Waals surface area contributed by atoms with E-state index < -0.39 is 0 Å². The molecule has 3 aliphatic heterocycles. The van der Waals surface area contributed by atoms with Gasteiger partial charge >= 0.3 is 103 Å². The first kappa shape index (κ1) is 53.0. The van der Waals surface area contributed by atoms with E-state index in [2.05, 4.69) is 55.5 Å². The average Bonchev–Trinajstić information content (AvgIpc) is 4.06. The van der Waals surface area contributed by atoms with Gasteiger partial charge in [-0.05, 0) is 119 Å². The molecule has 59 heavy (non-hydrogen) atoms. The van der Waals surface area contributed by atoms with Gasteiger partial charge in [-0.1, -0.05) is 48.6 Å². The van der Waals surface area contributed by atoms with E-state index in [0.29, 0.717) is 38.0 Å². The van der Waals surface area contributed by atoms with Crippen LogP contribution in [0.15, 0.2) is 123 Å². The van der Waals surface area contributed by atoms with Gasteiger partial charge in [0.1, 0.15) is 48.4 Å². The van der Waals surface area contributed by atoms with Gasteiger partial charge in [-0.3, -0.25) is 4.79 Å². The molecule has 4 aromatic rings. The summed E-state index contributed by atoms with van der Waals surface area (Å²) >= 11 is 5.27. The first-order chi connectivity index (χ1) is 27.8. The summed E-state index contributed by atoms with van der Waals surface area (Å²) in [6.45, 7) is 18.6. The Kier molecular flexibility index (Phi) is 26.3. The fourth-order valence-corrected chi connectivity index (χ4v) is 5.63. The third-order valence-electron chi connectivity index (χ3n) is 8.67. The fourth-order valence-electron chi connectivity index (χ4n) is 5.45. The Bertz CT molecular complexity index is 1820. The van der Waals surface area contributed by atoms with E-state index in [9.17, 15) is 10.2 Å². The van der Waals surface area contributed by atoms with Crippen molar-refractivity contribution in [2.24, 2.45) is 0 Å². The second-order valence-corrected chi connectivity index (χ2v) is 13.4. The third-order valence-corrected chi connectivity index (χ3v) is 9.02. The zero-order valence-electron chi connectivity index (χ0n) is 35.0. The molecule has 10 nitrogen and oxygen atoms in total. The molecule has 0 amide bonds. The van der Waals surface area contributed by atoms with E-state index in [4.69, 9.17) is 45.3 Å². The van der Waals surface area contributed by atoms with Crippen LogP contribution in [-0.2, 0) is 49.6 Å². The Balaban J connectivity index is 0.000000491. The largest absolute Gasteiger partial charge is 1.00 e. The fraction of sp³-hybridized carbons (Fsp3) is 0.283. The summed E-state index contributed by atoms with van der Waals surface area (Å²) in [6, 6.07) is 23.6. The SMILES string of the molecule is C=CCc1cc(-c2ccc(O)c(CC=C)c2)ccc1O.C=CCc1cc(-c2ccc(OCC3CO3)c(CC=C)c2)ccc1OCC1CO1.ClCC1CO1.O=CO[O-].[H-].[K+].[K+]. The molecule has 3 heterocycles. The molecule has 4 aromatic carbocycles. The Morgan fingerprint density at radius 2 is 0.915 bits per heavy atom. The van der Waals surface area contributed by atoms with Crippen LogP contribution in [0.5, 0.6) is 23.0 Å². The van der Waals surface area contributed by atoms with E-state index in [0.717, 1.165) is 88.7 Å². The van der Waals surface area contributed by atoms with Gasteiger partial charge in [0, 0.05) is 0 Å². The summed E-state index contributed by atoms with van der Waals surface area (Å²) in [6.07, 6.45) is 11.0. The summed E-state index contributed by atoms with van der Waals surface area (Å²) in [5.41, 5.74) is 8.25. The van der Waals surface area contributed by atoms with Gasteiger partial charge in [-0.2, -0.15) is 0 Å². The second-order valence-electron chi connectivity index (χ2n) is 13.1. The van der Waals surface area contributed by atoms with Crippen molar-refractivity contribution in [3.8, 4) is 45.3 Å². The van der Waals surface area contributed by atoms with Gasteiger partial charge in [0.05, 0.1) is 31.8 Å². The minimum atomic E-state index is -0.181. The molecule has 0 spiro atoms. The maximum atomic E-state index is 9.79. The number of hydrogen-bond donors (Lipinski definition) is 2. The van der Waals surface area contributed by atoms with E-state index in [1.165, 1.54) is 0 Å². The second kappa shape index (κ2) is 29.3. The maximum absolute atomic E-state index is 9.79. The van der Waals surface area contributed by atoms with Gasteiger partial charge in [0.15, 0.2) is 0 Å². The summed E-state index contributed by atoms with van der Waals surface area (Å²) in [4.78, 5) is 11.2. The molecule has 7 rings (SSSR count). The Morgan fingerprint density at radius 3 is 1.19 bits per heavy atom. The molecule has 0 aliphatic carbocycles. The number of epoxide rings is 3. The summed E-state index contributed by atoms with van der Waals surface area (Å²) in [5.74, 6) is 3.02. The monoisotopic (exact) mass is 876 g/mol. The normalized spacial score (nSPS) is 16.1. The number of aromatic hydroxyl groups is 2. The first-order valence-corrected chi connectivity index (χ1v) is 19.0. The van der Waals surface area contributed by atoms with Gasteiger partial charge < -0.3 is 45.5 Å². The number of ether oxygens (including phenoxy) is 5. The number of halogens is 1. The van der Waals surface area contributed by atoms with Crippen molar-refractivity contribution in [1.29, 1.82) is 0 Å². The van der Waals surface area contributed by atoms with Crippen LogP contribution in [0.4, 0.5) is 0 Å². The smallest absolute Gasteiger partial charge is 1.00 e. The molecule has 3 saturated heterocycles. The topological polar surface area (TPSA) is 146 Å². The number of carbonyl (C=O) groups excluding carboxylic acids is 1. The third kappa shape index (κ3) is 19.2. The van der Waals surface area contributed by atoms with E-state index in [-0.39, 0.29) is 134 Å². The number of phenolic OH excluding ortho intramolecular Hbond substituents is 2. The average molecular weight is 878 g/mol. The van der Waals surface area contributed by atoms with E-state index in [1.807, 2.05) is 48.6 Å². The number of phenols is 2. The molecule has 304 valence electrons. The van der Waals surface area contributed by atoms with E-state index >= 15 is 0 Å². The van der Waals surface area contributed by atoms with Crippen molar-refractivity contribution >= 4 is 18.1 Å². The van der Waals surface area contributed by atoms with Crippen LogP contribution < -0.4 is 118 Å². The van der Waals surface area contributed by atoms with E-state index in [1.54, 1.807) is 24.3 Å². The summed E-state index contributed by atoms with van der Waals surface area (Å²) < 4.78 is 27.1. The minimum absolute atomic E-state index is 0. The van der Waals surface area contributed by atoms with Gasteiger partial charge in [0.2, 0.25) is 0 Å². The van der Waals surface area contributed by atoms with Crippen molar-refractivity contribution in [1.82, 2.24) is 0 Å². The van der Waals surface area contributed by atoms with Crippen LogP contribution in [0.1, 0.15) is 23.7 Å². The van der Waals surface area contributed by atoms with Crippen molar-refractivity contribution in [3.05, 3.63) is 146 Å². The predicted molar refractivity (Wildman–Crippen MR) is 222 cm³/mol. The molecule has 3 atom stereocenters. The molecule has 3 unspecified atom stereocenters. The maximum Gasteiger partial charge on any atom is 1.00 e.